The summed E-state index contributed by atoms with van der Waals surface area (Å²) in [6, 6.07) is 0.897. The molecule has 0 aliphatic carbocycles. The summed E-state index contributed by atoms with van der Waals surface area (Å²) >= 11 is 5.92. The van der Waals surface area contributed by atoms with Crippen LogP contribution in [0.1, 0.15) is 25.4 Å². The standard InChI is InChI=1S/C16H12ClF4N3O4/c1-15(2,27)13-22-10-6(17)4-7(18)11(12(10)28-13)24-9(25)5-8(16(19,20)21)23(3)14(24)26/h4-5,27H,1-3H3. The van der Waals surface area contributed by atoms with Crippen molar-refractivity contribution in [3.8, 4) is 5.69 Å². The van der Waals surface area contributed by atoms with Gasteiger partial charge < -0.3 is 9.52 Å². The molecule has 0 atom stereocenters. The van der Waals surface area contributed by atoms with Crippen LogP contribution in [0.25, 0.3) is 16.8 Å². The lowest BCUT2D eigenvalue weighted by Gasteiger charge is -2.14. The van der Waals surface area contributed by atoms with Crippen molar-refractivity contribution in [2.24, 2.45) is 7.05 Å². The van der Waals surface area contributed by atoms with E-state index in [0.717, 1.165) is 13.1 Å². The van der Waals surface area contributed by atoms with Gasteiger partial charge in [-0.25, -0.2) is 18.7 Å². The molecular formula is C16H12ClF4N3O4. The molecule has 0 unspecified atom stereocenters. The quantitative estimate of drug-likeness (QED) is 0.643. The van der Waals surface area contributed by atoms with Crippen LogP contribution < -0.4 is 11.2 Å². The Kier molecular flexibility index (Phi) is 4.43. The van der Waals surface area contributed by atoms with Gasteiger partial charge in [0.1, 0.15) is 22.5 Å². The van der Waals surface area contributed by atoms with Crippen LogP contribution >= 0.6 is 11.6 Å². The maximum Gasteiger partial charge on any atom is 0.431 e. The van der Waals surface area contributed by atoms with Crippen LogP contribution in [-0.2, 0) is 18.8 Å². The van der Waals surface area contributed by atoms with E-state index in [0.29, 0.717) is 0 Å². The number of aromatic nitrogens is 3. The topological polar surface area (TPSA) is 90.3 Å². The van der Waals surface area contributed by atoms with E-state index in [1.54, 1.807) is 0 Å². The third-order valence-electron chi connectivity index (χ3n) is 3.91. The highest BCUT2D eigenvalue weighted by Gasteiger charge is 2.36. The van der Waals surface area contributed by atoms with Gasteiger partial charge in [0.2, 0.25) is 5.89 Å². The molecule has 1 N–H and O–H groups in total. The van der Waals surface area contributed by atoms with Crippen molar-refractivity contribution in [3.05, 3.63) is 55.4 Å². The lowest BCUT2D eigenvalue weighted by Crippen LogP contribution is -2.41. The zero-order chi connectivity index (χ0) is 21.2. The summed E-state index contributed by atoms with van der Waals surface area (Å²) in [4.78, 5) is 28.7. The summed E-state index contributed by atoms with van der Waals surface area (Å²) in [5.74, 6) is -1.50. The normalized spacial score (nSPS) is 12.8. The first-order valence-electron chi connectivity index (χ1n) is 7.65. The Labute approximate surface area is 158 Å². The molecule has 0 radical (unpaired) electrons. The van der Waals surface area contributed by atoms with Gasteiger partial charge in [-0.3, -0.25) is 9.36 Å². The predicted octanol–water partition coefficient (Wildman–Crippen LogP) is 2.72. The Bertz CT molecular complexity index is 1220. The first kappa shape index (κ1) is 20.1. The highest BCUT2D eigenvalue weighted by Crippen LogP contribution is 2.34. The zero-order valence-electron chi connectivity index (χ0n) is 14.6. The molecule has 3 aromatic rings. The van der Waals surface area contributed by atoms with Crippen LogP contribution in [0.15, 0.2) is 26.1 Å². The number of hydrogen-bond acceptors (Lipinski definition) is 5. The third kappa shape index (κ3) is 3.10. The van der Waals surface area contributed by atoms with E-state index in [2.05, 4.69) is 4.98 Å². The van der Waals surface area contributed by atoms with Crippen molar-refractivity contribution in [1.82, 2.24) is 14.1 Å². The average Bonchev–Trinajstić information content (AvgIpc) is 2.98. The molecule has 0 fully saturated rings. The fourth-order valence-electron chi connectivity index (χ4n) is 2.57. The zero-order valence-corrected chi connectivity index (χ0v) is 15.3. The smallest absolute Gasteiger partial charge is 0.431 e. The maximum atomic E-state index is 14.6. The molecule has 150 valence electrons. The maximum absolute atomic E-state index is 14.6. The third-order valence-corrected chi connectivity index (χ3v) is 4.19. The second-order valence-corrected chi connectivity index (χ2v) is 6.89. The minimum Gasteiger partial charge on any atom is -0.435 e. The Morgan fingerprint density at radius 3 is 2.36 bits per heavy atom. The highest BCUT2D eigenvalue weighted by molar-refractivity contribution is 6.35. The van der Waals surface area contributed by atoms with Crippen molar-refractivity contribution in [3.63, 3.8) is 0 Å². The SMILES string of the molecule is Cn1c(C(F)(F)F)cc(=O)n(-c2c(F)cc(Cl)c3nc(C(C)(C)O)oc23)c1=O. The van der Waals surface area contributed by atoms with Crippen molar-refractivity contribution in [1.29, 1.82) is 0 Å². The number of oxazole rings is 1. The number of fused-ring (bicyclic) bond motifs is 1. The van der Waals surface area contributed by atoms with Crippen molar-refractivity contribution in [2.75, 3.05) is 0 Å². The number of benzene rings is 1. The lowest BCUT2D eigenvalue weighted by molar-refractivity contribution is -0.144. The molecule has 7 nitrogen and oxygen atoms in total. The summed E-state index contributed by atoms with van der Waals surface area (Å²) in [7, 11) is 0.786. The number of hydrogen-bond donors (Lipinski definition) is 1. The van der Waals surface area contributed by atoms with Gasteiger partial charge >= 0.3 is 11.9 Å². The first-order valence-corrected chi connectivity index (χ1v) is 8.03. The van der Waals surface area contributed by atoms with Crippen LogP contribution in [0, 0.1) is 5.82 Å². The number of nitrogens with zero attached hydrogens (tertiary/aromatic N) is 3. The molecule has 28 heavy (non-hydrogen) atoms. The van der Waals surface area contributed by atoms with Gasteiger partial charge in [-0.2, -0.15) is 13.2 Å². The molecule has 0 bridgehead atoms. The van der Waals surface area contributed by atoms with Crippen LogP contribution in [0.3, 0.4) is 0 Å². The summed E-state index contributed by atoms with van der Waals surface area (Å²) < 4.78 is 59.3. The molecule has 2 heterocycles. The van der Waals surface area contributed by atoms with Gasteiger partial charge in [0, 0.05) is 13.1 Å². The van der Waals surface area contributed by atoms with Gasteiger partial charge in [0.25, 0.3) is 5.56 Å². The summed E-state index contributed by atoms with van der Waals surface area (Å²) in [6.45, 7) is 2.62. The van der Waals surface area contributed by atoms with Crippen molar-refractivity contribution >= 4 is 22.7 Å². The lowest BCUT2D eigenvalue weighted by atomic mass is 10.1. The van der Waals surface area contributed by atoms with Crippen molar-refractivity contribution in [2.45, 2.75) is 25.6 Å². The summed E-state index contributed by atoms with van der Waals surface area (Å²) in [6.07, 6.45) is -4.97. The van der Waals surface area contributed by atoms with Gasteiger partial charge in [-0.05, 0) is 19.9 Å². The Morgan fingerprint density at radius 1 is 1.21 bits per heavy atom. The molecule has 2 aromatic heterocycles. The number of aliphatic hydroxyl groups is 1. The summed E-state index contributed by atoms with van der Waals surface area (Å²) in [5.41, 5.74) is -7.42. The molecule has 0 amide bonds. The monoisotopic (exact) mass is 421 g/mol. The fourth-order valence-corrected chi connectivity index (χ4v) is 2.80. The molecule has 3 rings (SSSR count). The molecular weight excluding hydrogens is 410 g/mol. The minimum atomic E-state index is -4.97. The Hall–Kier alpha value is -2.66. The van der Waals surface area contributed by atoms with Gasteiger partial charge in [-0.15, -0.1) is 0 Å². The Morgan fingerprint density at radius 2 is 1.82 bits per heavy atom. The molecule has 0 aliphatic rings. The van der Waals surface area contributed by atoms with E-state index < -0.39 is 45.8 Å². The molecule has 12 heteroatoms. The number of rotatable bonds is 2. The van der Waals surface area contributed by atoms with Gasteiger partial charge in [-0.1, -0.05) is 11.6 Å². The van der Waals surface area contributed by atoms with Gasteiger partial charge in [0.15, 0.2) is 11.4 Å². The van der Waals surface area contributed by atoms with Crippen LogP contribution in [0.5, 0.6) is 0 Å². The van der Waals surface area contributed by atoms with E-state index in [-0.39, 0.29) is 31.6 Å². The van der Waals surface area contributed by atoms with E-state index >= 15 is 0 Å². The second kappa shape index (κ2) is 6.17. The first-order chi connectivity index (χ1) is 12.7. The van der Waals surface area contributed by atoms with E-state index in [1.165, 1.54) is 13.8 Å². The fraction of sp³-hybridized carbons (Fsp3) is 0.312. The van der Waals surface area contributed by atoms with E-state index in [1.807, 2.05) is 0 Å². The molecule has 0 saturated heterocycles. The van der Waals surface area contributed by atoms with Crippen molar-refractivity contribution < 1.29 is 27.1 Å². The molecule has 0 spiro atoms. The van der Waals surface area contributed by atoms with Crippen LogP contribution in [0.4, 0.5) is 17.6 Å². The highest BCUT2D eigenvalue weighted by atomic mass is 35.5. The molecule has 0 saturated carbocycles. The average molecular weight is 422 g/mol. The van der Waals surface area contributed by atoms with E-state index in [9.17, 15) is 32.3 Å². The second-order valence-electron chi connectivity index (χ2n) is 6.49. The number of alkyl halides is 3. The minimum absolute atomic E-state index is 0.161. The molecule has 1 aromatic carbocycles. The predicted molar refractivity (Wildman–Crippen MR) is 90.1 cm³/mol. The van der Waals surface area contributed by atoms with E-state index in [4.69, 9.17) is 16.0 Å². The van der Waals surface area contributed by atoms with Crippen LogP contribution in [0.2, 0.25) is 5.02 Å². The van der Waals surface area contributed by atoms with Crippen LogP contribution in [-0.4, -0.2) is 19.2 Å². The number of halogens is 5. The largest absolute Gasteiger partial charge is 0.435 e. The Balaban J connectivity index is 2.46. The van der Waals surface area contributed by atoms with Gasteiger partial charge in [0.05, 0.1) is 5.02 Å². The summed E-state index contributed by atoms with van der Waals surface area (Å²) in [5, 5.41) is 9.80. The molecule has 0 aliphatic heterocycles.